The first-order chi connectivity index (χ1) is 10.2. The van der Waals surface area contributed by atoms with Crippen LogP contribution in [-0.4, -0.2) is 42.5 Å². The van der Waals surface area contributed by atoms with Gasteiger partial charge in [0.2, 0.25) is 5.91 Å². The molecule has 2 saturated heterocycles. The molecule has 0 aromatic heterocycles. The van der Waals surface area contributed by atoms with Crippen LogP contribution in [0.15, 0.2) is 24.3 Å². The van der Waals surface area contributed by atoms with E-state index in [1.54, 1.807) is 4.90 Å². The zero-order valence-corrected chi connectivity index (χ0v) is 12.2. The summed E-state index contributed by atoms with van der Waals surface area (Å²) in [6.45, 7) is 3.63. The third-order valence-corrected chi connectivity index (χ3v) is 4.18. The summed E-state index contributed by atoms with van der Waals surface area (Å²) in [5.41, 5.74) is 1.91. The van der Waals surface area contributed by atoms with Crippen LogP contribution in [0.5, 0.6) is 0 Å². The molecule has 2 fully saturated rings. The van der Waals surface area contributed by atoms with Crippen LogP contribution >= 0.6 is 0 Å². The Morgan fingerprint density at radius 1 is 1.38 bits per heavy atom. The summed E-state index contributed by atoms with van der Waals surface area (Å²) in [6, 6.07) is 7.17. The van der Waals surface area contributed by atoms with Crippen LogP contribution in [0, 0.1) is 6.92 Å². The van der Waals surface area contributed by atoms with E-state index < -0.39 is 6.04 Å². The van der Waals surface area contributed by atoms with Gasteiger partial charge in [0, 0.05) is 19.7 Å². The molecule has 0 aliphatic carbocycles. The minimum absolute atomic E-state index is 0.0596. The lowest BCUT2D eigenvalue weighted by atomic mass is 9.97. The molecule has 21 heavy (non-hydrogen) atoms. The summed E-state index contributed by atoms with van der Waals surface area (Å²) in [5, 5.41) is 2.86. The lowest BCUT2D eigenvalue weighted by Crippen LogP contribution is -2.54. The number of aryl methyl sites for hydroxylation is 1. The number of piperazine rings is 1. The van der Waals surface area contributed by atoms with Crippen molar-refractivity contribution in [3.63, 3.8) is 0 Å². The zero-order chi connectivity index (χ0) is 14.8. The highest BCUT2D eigenvalue weighted by Gasteiger charge is 2.38. The first-order valence-corrected chi connectivity index (χ1v) is 7.44. The van der Waals surface area contributed by atoms with Crippen LogP contribution in [0.3, 0.4) is 0 Å². The largest absolute Gasteiger partial charge is 0.368 e. The number of hydrogen-bond acceptors (Lipinski definition) is 3. The zero-order valence-electron chi connectivity index (χ0n) is 12.2. The van der Waals surface area contributed by atoms with Crippen molar-refractivity contribution >= 4 is 11.8 Å². The Balaban J connectivity index is 1.91. The molecular formula is C16H20N2O3. The first-order valence-electron chi connectivity index (χ1n) is 7.44. The monoisotopic (exact) mass is 288 g/mol. The lowest BCUT2D eigenvalue weighted by molar-refractivity contribution is -0.150. The van der Waals surface area contributed by atoms with Crippen molar-refractivity contribution < 1.29 is 14.3 Å². The van der Waals surface area contributed by atoms with Crippen LogP contribution < -0.4 is 5.32 Å². The first kappa shape index (κ1) is 14.1. The lowest BCUT2D eigenvalue weighted by Gasteiger charge is -2.37. The predicted octanol–water partition coefficient (Wildman–Crippen LogP) is 1.17. The molecule has 5 nitrogen and oxygen atoms in total. The molecule has 0 bridgehead atoms. The van der Waals surface area contributed by atoms with Crippen LogP contribution in [0.25, 0.3) is 0 Å². The molecule has 0 saturated carbocycles. The Morgan fingerprint density at radius 3 is 2.90 bits per heavy atom. The van der Waals surface area contributed by atoms with Crippen molar-refractivity contribution in [1.82, 2.24) is 10.2 Å². The van der Waals surface area contributed by atoms with E-state index in [1.807, 2.05) is 31.2 Å². The molecule has 0 radical (unpaired) electrons. The summed E-state index contributed by atoms with van der Waals surface area (Å²) in [4.78, 5) is 26.7. The molecular weight excluding hydrogens is 268 g/mol. The maximum Gasteiger partial charge on any atom is 0.252 e. The molecule has 1 N–H and O–H groups in total. The van der Waals surface area contributed by atoms with Crippen molar-refractivity contribution in [3.8, 4) is 0 Å². The van der Waals surface area contributed by atoms with Gasteiger partial charge < -0.3 is 15.0 Å². The van der Waals surface area contributed by atoms with Gasteiger partial charge in [0.25, 0.3) is 5.91 Å². The number of carbonyl (C=O) groups is 2. The SMILES string of the molecule is Cc1ccccc1C1C(=O)NCCN1C(=O)[C@@H]1CCCO1. The number of nitrogens with one attached hydrogen (secondary N) is 1. The van der Waals surface area contributed by atoms with E-state index in [0.717, 1.165) is 24.0 Å². The molecule has 0 spiro atoms. The van der Waals surface area contributed by atoms with Gasteiger partial charge in [-0.05, 0) is 30.9 Å². The minimum atomic E-state index is -0.545. The minimum Gasteiger partial charge on any atom is -0.368 e. The maximum absolute atomic E-state index is 12.7. The number of ether oxygens (including phenoxy) is 1. The smallest absolute Gasteiger partial charge is 0.252 e. The van der Waals surface area contributed by atoms with Crippen LogP contribution in [0.4, 0.5) is 0 Å². The average molecular weight is 288 g/mol. The third kappa shape index (κ3) is 2.65. The van der Waals surface area contributed by atoms with Gasteiger partial charge in [-0.1, -0.05) is 24.3 Å². The van der Waals surface area contributed by atoms with E-state index in [1.165, 1.54) is 0 Å². The Labute approximate surface area is 124 Å². The van der Waals surface area contributed by atoms with Gasteiger partial charge >= 0.3 is 0 Å². The van der Waals surface area contributed by atoms with Crippen molar-refractivity contribution in [1.29, 1.82) is 0 Å². The quantitative estimate of drug-likeness (QED) is 0.889. The summed E-state index contributed by atoms with van der Waals surface area (Å²) in [7, 11) is 0. The molecule has 5 heteroatoms. The van der Waals surface area contributed by atoms with E-state index in [4.69, 9.17) is 4.74 Å². The average Bonchev–Trinajstić information content (AvgIpc) is 3.01. The van der Waals surface area contributed by atoms with Gasteiger partial charge in [-0.25, -0.2) is 0 Å². The van der Waals surface area contributed by atoms with E-state index >= 15 is 0 Å². The van der Waals surface area contributed by atoms with Gasteiger partial charge in [0.05, 0.1) is 0 Å². The van der Waals surface area contributed by atoms with Crippen molar-refractivity contribution in [2.75, 3.05) is 19.7 Å². The van der Waals surface area contributed by atoms with Crippen molar-refractivity contribution in [3.05, 3.63) is 35.4 Å². The third-order valence-electron chi connectivity index (χ3n) is 4.18. The van der Waals surface area contributed by atoms with Gasteiger partial charge in [0.15, 0.2) is 0 Å². The number of amides is 2. The number of benzene rings is 1. The standard InChI is InChI=1S/C16H20N2O3/c1-11-5-2-3-6-12(11)14-15(19)17-8-9-18(14)16(20)13-7-4-10-21-13/h2-3,5-6,13-14H,4,7-10H2,1H3,(H,17,19)/t13-,14?/m0/s1. The highest BCUT2D eigenvalue weighted by atomic mass is 16.5. The highest BCUT2D eigenvalue weighted by Crippen LogP contribution is 2.28. The Kier molecular flexibility index (Phi) is 3.92. The molecule has 1 unspecified atom stereocenters. The van der Waals surface area contributed by atoms with Crippen LogP contribution in [-0.2, 0) is 14.3 Å². The van der Waals surface area contributed by atoms with Gasteiger partial charge in [-0.2, -0.15) is 0 Å². The molecule has 1 aromatic rings. The molecule has 112 valence electrons. The topological polar surface area (TPSA) is 58.6 Å². The molecule has 1 aromatic carbocycles. The Bertz CT molecular complexity index is 552. The van der Waals surface area contributed by atoms with E-state index in [-0.39, 0.29) is 17.9 Å². The maximum atomic E-state index is 12.7. The number of rotatable bonds is 2. The van der Waals surface area contributed by atoms with E-state index in [2.05, 4.69) is 5.32 Å². The Hall–Kier alpha value is -1.88. The normalized spacial score (nSPS) is 25.8. The molecule has 3 rings (SSSR count). The summed E-state index contributed by atoms with van der Waals surface area (Å²) < 4.78 is 5.49. The molecule has 2 aliphatic heterocycles. The molecule has 2 heterocycles. The highest BCUT2D eigenvalue weighted by molar-refractivity contribution is 5.91. The predicted molar refractivity (Wildman–Crippen MR) is 77.6 cm³/mol. The second kappa shape index (κ2) is 5.85. The van der Waals surface area contributed by atoms with Crippen LogP contribution in [0.2, 0.25) is 0 Å². The second-order valence-corrected chi connectivity index (χ2v) is 5.58. The fourth-order valence-electron chi connectivity index (χ4n) is 3.06. The van der Waals surface area contributed by atoms with Crippen molar-refractivity contribution in [2.45, 2.75) is 31.9 Å². The number of hydrogen-bond donors (Lipinski definition) is 1. The van der Waals surface area contributed by atoms with Gasteiger partial charge in [-0.3, -0.25) is 9.59 Å². The molecule has 2 atom stereocenters. The summed E-state index contributed by atoms with van der Waals surface area (Å²) in [6.07, 6.45) is 1.27. The molecule has 2 aliphatic rings. The van der Waals surface area contributed by atoms with Gasteiger partial charge in [0.1, 0.15) is 12.1 Å². The van der Waals surface area contributed by atoms with Crippen LogP contribution in [0.1, 0.15) is 30.0 Å². The molecule has 2 amide bonds. The fourth-order valence-corrected chi connectivity index (χ4v) is 3.06. The fraction of sp³-hybridized carbons (Fsp3) is 0.500. The van der Waals surface area contributed by atoms with Crippen molar-refractivity contribution in [2.24, 2.45) is 0 Å². The summed E-state index contributed by atoms with van der Waals surface area (Å²) in [5.74, 6) is -0.169. The number of nitrogens with zero attached hydrogens (tertiary/aromatic N) is 1. The van der Waals surface area contributed by atoms with E-state index in [0.29, 0.717) is 19.7 Å². The second-order valence-electron chi connectivity index (χ2n) is 5.58. The Morgan fingerprint density at radius 2 is 2.19 bits per heavy atom. The number of carbonyl (C=O) groups excluding carboxylic acids is 2. The summed E-state index contributed by atoms with van der Waals surface area (Å²) >= 11 is 0. The van der Waals surface area contributed by atoms with Gasteiger partial charge in [-0.15, -0.1) is 0 Å². The van der Waals surface area contributed by atoms with E-state index in [9.17, 15) is 9.59 Å².